The lowest BCUT2D eigenvalue weighted by atomic mass is 9.96. The Morgan fingerprint density at radius 3 is 2.55 bits per heavy atom. The minimum Gasteiger partial charge on any atom is -0.493 e. The number of hydrogen-bond donors (Lipinski definition) is 1. The molecule has 124 valence electrons. The number of rotatable bonds is 11. The first-order valence-electron chi connectivity index (χ1n) is 7.60. The fourth-order valence-corrected chi connectivity index (χ4v) is 2.17. The van der Waals surface area contributed by atoms with Crippen LogP contribution in [0.4, 0.5) is 0 Å². The summed E-state index contributed by atoms with van der Waals surface area (Å²) in [7, 11) is 3.30. The molecule has 0 aliphatic heterocycles. The van der Waals surface area contributed by atoms with Crippen molar-refractivity contribution >= 4 is 6.41 Å². The lowest BCUT2D eigenvalue weighted by Crippen LogP contribution is -2.34. The summed E-state index contributed by atoms with van der Waals surface area (Å²) >= 11 is 0. The summed E-state index contributed by atoms with van der Waals surface area (Å²) in [5.74, 6) is 1.80. The summed E-state index contributed by atoms with van der Waals surface area (Å²) in [5.41, 5.74) is 1.11. The zero-order valence-electron chi connectivity index (χ0n) is 13.9. The third-order valence-electron chi connectivity index (χ3n) is 3.52. The Labute approximate surface area is 132 Å². The summed E-state index contributed by atoms with van der Waals surface area (Å²) in [5, 5.41) is 2.87. The Kier molecular flexibility index (Phi) is 8.36. The molecule has 1 N–H and O–H groups in total. The van der Waals surface area contributed by atoms with Crippen molar-refractivity contribution in [2.45, 2.75) is 32.7 Å². The third kappa shape index (κ3) is 5.93. The third-order valence-corrected chi connectivity index (χ3v) is 3.52. The maximum Gasteiger partial charge on any atom is 0.207 e. The molecule has 0 unspecified atom stereocenters. The second-order valence-corrected chi connectivity index (χ2v) is 5.52. The van der Waals surface area contributed by atoms with Crippen molar-refractivity contribution in [3.63, 3.8) is 0 Å². The summed E-state index contributed by atoms with van der Waals surface area (Å²) in [6.07, 6.45) is 2.34. The fraction of sp³-hybridized carbons (Fsp3) is 0.588. The molecule has 0 heterocycles. The first-order valence-corrected chi connectivity index (χ1v) is 7.60. The zero-order valence-corrected chi connectivity index (χ0v) is 13.9. The zero-order chi connectivity index (χ0) is 16.4. The molecule has 0 saturated carbocycles. The Morgan fingerprint density at radius 2 is 1.95 bits per heavy atom. The summed E-state index contributed by atoms with van der Waals surface area (Å²) in [6, 6.07) is 5.99. The van der Waals surface area contributed by atoms with Gasteiger partial charge in [0, 0.05) is 26.2 Å². The van der Waals surface area contributed by atoms with Crippen LogP contribution in [0.5, 0.6) is 11.5 Å². The van der Waals surface area contributed by atoms with Crippen LogP contribution in [0.15, 0.2) is 18.2 Å². The van der Waals surface area contributed by atoms with Crippen molar-refractivity contribution in [2.24, 2.45) is 5.92 Å². The molecule has 5 nitrogen and oxygen atoms in total. The van der Waals surface area contributed by atoms with Gasteiger partial charge in [-0.15, -0.1) is 0 Å². The van der Waals surface area contributed by atoms with Gasteiger partial charge in [0.15, 0.2) is 11.5 Å². The molecule has 0 aliphatic carbocycles. The number of carbonyl (C=O) groups excluding carboxylic acids is 1. The second kappa shape index (κ2) is 10.1. The quantitative estimate of drug-likeness (QED) is 0.504. The average molecular weight is 309 g/mol. The van der Waals surface area contributed by atoms with E-state index in [-0.39, 0.29) is 6.04 Å². The molecule has 0 aromatic heterocycles. The van der Waals surface area contributed by atoms with Crippen LogP contribution >= 0.6 is 0 Å². The van der Waals surface area contributed by atoms with E-state index in [2.05, 4.69) is 19.2 Å². The highest BCUT2D eigenvalue weighted by atomic mass is 16.5. The van der Waals surface area contributed by atoms with Gasteiger partial charge in [-0.2, -0.15) is 0 Å². The number of benzene rings is 1. The van der Waals surface area contributed by atoms with Crippen LogP contribution in [0, 0.1) is 5.92 Å². The molecule has 1 atom stereocenters. The van der Waals surface area contributed by atoms with Crippen molar-refractivity contribution in [3.8, 4) is 11.5 Å². The Morgan fingerprint density at radius 1 is 1.18 bits per heavy atom. The fourth-order valence-electron chi connectivity index (χ4n) is 2.17. The van der Waals surface area contributed by atoms with E-state index in [9.17, 15) is 4.79 Å². The van der Waals surface area contributed by atoms with Gasteiger partial charge in [-0.3, -0.25) is 4.79 Å². The standard InChI is InChI=1S/C17H27NO4/c1-13(2)15(18-12-19)10-14-6-7-16(21-4)17(11-14)22-9-5-8-20-3/h6-7,11-13,15H,5,8-10H2,1-4H3,(H,18,19)/t15-/m1/s1. The molecule has 0 aliphatic rings. The molecule has 0 bridgehead atoms. The average Bonchev–Trinajstić information content (AvgIpc) is 2.51. The molecular formula is C17H27NO4. The summed E-state index contributed by atoms with van der Waals surface area (Å²) in [4.78, 5) is 10.7. The van der Waals surface area contributed by atoms with Crippen molar-refractivity contribution < 1.29 is 19.0 Å². The minimum absolute atomic E-state index is 0.104. The van der Waals surface area contributed by atoms with Gasteiger partial charge >= 0.3 is 0 Å². The van der Waals surface area contributed by atoms with E-state index in [0.29, 0.717) is 24.9 Å². The maximum atomic E-state index is 10.7. The second-order valence-electron chi connectivity index (χ2n) is 5.52. The topological polar surface area (TPSA) is 56.8 Å². The van der Waals surface area contributed by atoms with Gasteiger partial charge in [-0.25, -0.2) is 0 Å². The van der Waals surface area contributed by atoms with E-state index in [1.54, 1.807) is 14.2 Å². The van der Waals surface area contributed by atoms with Crippen LogP contribution in [0.1, 0.15) is 25.8 Å². The van der Waals surface area contributed by atoms with Crippen molar-refractivity contribution in [1.82, 2.24) is 5.32 Å². The van der Waals surface area contributed by atoms with Gasteiger partial charge in [-0.05, 0) is 30.0 Å². The molecule has 1 rings (SSSR count). The van der Waals surface area contributed by atoms with E-state index in [1.165, 1.54) is 0 Å². The molecule has 0 saturated heterocycles. The smallest absolute Gasteiger partial charge is 0.207 e. The molecule has 1 aromatic carbocycles. The predicted molar refractivity (Wildman–Crippen MR) is 86.5 cm³/mol. The monoisotopic (exact) mass is 309 g/mol. The normalized spacial score (nSPS) is 12.0. The van der Waals surface area contributed by atoms with Crippen molar-refractivity contribution in [2.75, 3.05) is 27.4 Å². The number of amides is 1. The van der Waals surface area contributed by atoms with Gasteiger partial charge in [0.1, 0.15) is 0 Å². The maximum absolute atomic E-state index is 10.7. The number of ether oxygens (including phenoxy) is 3. The van der Waals surface area contributed by atoms with Crippen LogP contribution in [0.25, 0.3) is 0 Å². The number of carbonyl (C=O) groups is 1. The van der Waals surface area contributed by atoms with E-state index in [1.807, 2.05) is 18.2 Å². The first-order chi connectivity index (χ1) is 10.6. The molecule has 22 heavy (non-hydrogen) atoms. The lowest BCUT2D eigenvalue weighted by molar-refractivity contribution is -0.110. The van der Waals surface area contributed by atoms with E-state index in [0.717, 1.165) is 30.6 Å². The molecule has 1 amide bonds. The Bertz CT molecular complexity index is 448. The summed E-state index contributed by atoms with van der Waals surface area (Å²) < 4.78 is 16.1. The highest BCUT2D eigenvalue weighted by Crippen LogP contribution is 2.29. The molecule has 0 spiro atoms. The van der Waals surface area contributed by atoms with E-state index >= 15 is 0 Å². The van der Waals surface area contributed by atoms with Crippen molar-refractivity contribution in [3.05, 3.63) is 23.8 Å². The molecule has 5 heteroatoms. The molecule has 0 fully saturated rings. The number of methoxy groups -OCH3 is 2. The first kappa shape index (κ1) is 18.3. The lowest BCUT2D eigenvalue weighted by Gasteiger charge is -2.21. The molecule has 1 aromatic rings. The van der Waals surface area contributed by atoms with E-state index < -0.39 is 0 Å². The van der Waals surface area contributed by atoms with Gasteiger partial charge in [0.25, 0.3) is 0 Å². The Balaban J connectivity index is 2.77. The highest BCUT2D eigenvalue weighted by molar-refractivity contribution is 5.47. The molecular weight excluding hydrogens is 282 g/mol. The largest absolute Gasteiger partial charge is 0.493 e. The van der Waals surface area contributed by atoms with Crippen molar-refractivity contribution in [1.29, 1.82) is 0 Å². The van der Waals surface area contributed by atoms with Crippen LogP contribution in [0.2, 0.25) is 0 Å². The van der Waals surface area contributed by atoms with Crippen LogP contribution < -0.4 is 14.8 Å². The molecule has 0 radical (unpaired) electrons. The highest BCUT2D eigenvalue weighted by Gasteiger charge is 2.14. The van der Waals surface area contributed by atoms with Gasteiger partial charge in [0.2, 0.25) is 6.41 Å². The SMILES string of the molecule is COCCCOc1cc(C[C@@H](NC=O)C(C)C)ccc1OC. The van der Waals surface area contributed by atoms with Crippen LogP contribution in [0.3, 0.4) is 0 Å². The van der Waals surface area contributed by atoms with Gasteiger partial charge in [-0.1, -0.05) is 19.9 Å². The summed E-state index contributed by atoms with van der Waals surface area (Å²) in [6.45, 7) is 5.42. The number of nitrogens with one attached hydrogen (secondary N) is 1. The Hall–Kier alpha value is -1.75. The minimum atomic E-state index is 0.104. The van der Waals surface area contributed by atoms with Gasteiger partial charge < -0.3 is 19.5 Å². The van der Waals surface area contributed by atoms with Gasteiger partial charge in [0.05, 0.1) is 13.7 Å². The number of hydrogen-bond acceptors (Lipinski definition) is 4. The predicted octanol–water partition coefficient (Wildman–Crippen LogP) is 2.42. The van der Waals surface area contributed by atoms with E-state index in [4.69, 9.17) is 14.2 Å². The van der Waals surface area contributed by atoms with Crippen LogP contribution in [-0.2, 0) is 16.0 Å². The van der Waals surface area contributed by atoms with Crippen LogP contribution in [-0.4, -0.2) is 39.9 Å².